The summed E-state index contributed by atoms with van der Waals surface area (Å²) in [6.07, 6.45) is 5.37. The Morgan fingerprint density at radius 1 is 1.23 bits per heavy atom. The summed E-state index contributed by atoms with van der Waals surface area (Å²) in [4.78, 5) is 0. The van der Waals surface area contributed by atoms with E-state index in [2.05, 4.69) is 27.8 Å². The molecule has 136 valence electrons. The monoisotopic (exact) mass is 408 g/mol. The largest absolute Gasteiger partial charge is 0.357 e. The highest BCUT2D eigenvalue weighted by atomic mass is 35.5. The molecule has 26 heavy (non-hydrogen) atoms. The SMILES string of the molecule is CCn1nccc1CNC(=S)Nc1cnn(Cc2ccc(Cl)cc2Cl)c1. The van der Waals surface area contributed by atoms with Crippen LogP contribution in [0.25, 0.3) is 0 Å². The Balaban J connectivity index is 1.55. The molecule has 9 heteroatoms. The fourth-order valence-electron chi connectivity index (χ4n) is 2.48. The average molecular weight is 409 g/mol. The van der Waals surface area contributed by atoms with Gasteiger partial charge in [0.1, 0.15) is 0 Å². The van der Waals surface area contributed by atoms with E-state index in [-0.39, 0.29) is 0 Å². The second-order valence-electron chi connectivity index (χ2n) is 5.61. The van der Waals surface area contributed by atoms with Gasteiger partial charge in [-0.25, -0.2) is 0 Å². The van der Waals surface area contributed by atoms with Crippen LogP contribution in [0.2, 0.25) is 10.0 Å². The van der Waals surface area contributed by atoms with Gasteiger partial charge in [0.2, 0.25) is 0 Å². The van der Waals surface area contributed by atoms with Gasteiger partial charge < -0.3 is 10.6 Å². The molecule has 0 bridgehead atoms. The van der Waals surface area contributed by atoms with Crippen molar-refractivity contribution in [3.8, 4) is 0 Å². The molecule has 0 fully saturated rings. The van der Waals surface area contributed by atoms with Gasteiger partial charge >= 0.3 is 0 Å². The van der Waals surface area contributed by atoms with E-state index in [0.29, 0.717) is 28.2 Å². The van der Waals surface area contributed by atoms with E-state index in [1.54, 1.807) is 23.1 Å². The first kappa shape index (κ1) is 18.7. The number of hydrogen-bond donors (Lipinski definition) is 2. The van der Waals surface area contributed by atoms with Gasteiger partial charge in [-0.1, -0.05) is 29.3 Å². The highest BCUT2D eigenvalue weighted by Gasteiger charge is 2.06. The summed E-state index contributed by atoms with van der Waals surface area (Å²) in [5.41, 5.74) is 2.82. The standard InChI is InChI=1S/C17H18Cl2N6S/c1-2-25-15(5-6-21-25)9-20-17(26)23-14-8-22-24(11-14)10-12-3-4-13(18)7-16(12)19/h3-8,11H,2,9-10H2,1H3,(H2,20,23,26). The Hall–Kier alpha value is -2.09. The zero-order chi connectivity index (χ0) is 18.5. The lowest BCUT2D eigenvalue weighted by Gasteiger charge is -2.10. The van der Waals surface area contributed by atoms with Crippen molar-refractivity contribution in [3.05, 3.63) is 64.2 Å². The molecular formula is C17H18Cl2N6S. The van der Waals surface area contributed by atoms with Crippen LogP contribution < -0.4 is 10.6 Å². The van der Waals surface area contributed by atoms with E-state index in [1.165, 1.54) is 0 Å². The van der Waals surface area contributed by atoms with Gasteiger partial charge in [-0.2, -0.15) is 10.2 Å². The Morgan fingerprint density at radius 3 is 2.85 bits per heavy atom. The lowest BCUT2D eigenvalue weighted by molar-refractivity contribution is 0.614. The number of thiocarbonyl (C=S) groups is 1. The summed E-state index contributed by atoms with van der Waals surface area (Å²) in [6, 6.07) is 7.39. The molecule has 3 aromatic rings. The van der Waals surface area contributed by atoms with Crippen LogP contribution in [-0.2, 0) is 19.6 Å². The van der Waals surface area contributed by atoms with Gasteiger partial charge in [-0.3, -0.25) is 9.36 Å². The van der Waals surface area contributed by atoms with E-state index < -0.39 is 0 Å². The summed E-state index contributed by atoms with van der Waals surface area (Å²) in [5, 5.41) is 16.6. The zero-order valence-corrected chi connectivity index (χ0v) is 16.4. The van der Waals surface area contributed by atoms with E-state index in [4.69, 9.17) is 35.4 Å². The first-order chi connectivity index (χ1) is 12.5. The van der Waals surface area contributed by atoms with E-state index in [1.807, 2.05) is 29.1 Å². The number of anilines is 1. The molecular weight excluding hydrogens is 391 g/mol. The minimum absolute atomic E-state index is 0.526. The third-order valence-electron chi connectivity index (χ3n) is 3.77. The summed E-state index contributed by atoms with van der Waals surface area (Å²) < 4.78 is 3.70. The Labute approximate surface area is 167 Å². The van der Waals surface area contributed by atoms with E-state index >= 15 is 0 Å². The van der Waals surface area contributed by atoms with Gasteiger partial charge in [-0.15, -0.1) is 0 Å². The number of halogens is 2. The highest BCUT2D eigenvalue weighted by Crippen LogP contribution is 2.22. The minimum Gasteiger partial charge on any atom is -0.357 e. The topological polar surface area (TPSA) is 59.7 Å². The molecule has 2 aromatic heterocycles. The summed E-state index contributed by atoms with van der Waals surface area (Å²) in [7, 11) is 0. The number of nitrogens with one attached hydrogen (secondary N) is 2. The molecule has 1 aromatic carbocycles. The molecule has 0 aliphatic heterocycles. The van der Waals surface area contributed by atoms with Crippen molar-refractivity contribution < 1.29 is 0 Å². The molecule has 0 saturated heterocycles. The number of aryl methyl sites for hydroxylation is 1. The van der Waals surface area contributed by atoms with Crippen molar-refractivity contribution in [1.82, 2.24) is 24.9 Å². The van der Waals surface area contributed by atoms with Crippen LogP contribution in [0.3, 0.4) is 0 Å². The fourth-order valence-corrected chi connectivity index (χ4v) is 3.14. The molecule has 0 aliphatic carbocycles. The Kier molecular flexibility index (Phi) is 6.13. The second kappa shape index (κ2) is 8.53. The fraction of sp³-hybridized carbons (Fsp3) is 0.235. The maximum Gasteiger partial charge on any atom is 0.171 e. The maximum atomic E-state index is 6.21. The lowest BCUT2D eigenvalue weighted by Crippen LogP contribution is -2.28. The molecule has 0 saturated carbocycles. The molecule has 2 heterocycles. The lowest BCUT2D eigenvalue weighted by atomic mass is 10.2. The molecule has 0 radical (unpaired) electrons. The second-order valence-corrected chi connectivity index (χ2v) is 6.86. The highest BCUT2D eigenvalue weighted by molar-refractivity contribution is 7.80. The molecule has 0 amide bonds. The van der Waals surface area contributed by atoms with Crippen molar-refractivity contribution in [1.29, 1.82) is 0 Å². The van der Waals surface area contributed by atoms with Crippen LogP contribution in [0.15, 0.2) is 42.9 Å². The van der Waals surface area contributed by atoms with Crippen molar-refractivity contribution in [2.45, 2.75) is 26.6 Å². The van der Waals surface area contributed by atoms with Gasteiger partial charge in [-0.05, 0) is 42.9 Å². The average Bonchev–Trinajstić information content (AvgIpc) is 3.24. The quantitative estimate of drug-likeness (QED) is 0.604. The molecule has 0 aliphatic rings. The molecule has 3 rings (SSSR count). The Morgan fingerprint density at radius 2 is 2.08 bits per heavy atom. The van der Waals surface area contributed by atoms with Gasteiger partial charge in [0.25, 0.3) is 0 Å². The van der Waals surface area contributed by atoms with E-state index in [0.717, 1.165) is 23.5 Å². The van der Waals surface area contributed by atoms with Crippen LogP contribution in [-0.4, -0.2) is 24.7 Å². The zero-order valence-electron chi connectivity index (χ0n) is 14.1. The summed E-state index contributed by atoms with van der Waals surface area (Å²) in [6.45, 7) is 4.03. The van der Waals surface area contributed by atoms with Gasteiger partial charge in [0.05, 0.1) is 30.7 Å². The van der Waals surface area contributed by atoms with Gasteiger partial charge in [0.15, 0.2) is 5.11 Å². The number of rotatable bonds is 6. The molecule has 0 unspecified atom stereocenters. The van der Waals surface area contributed by atoms with Crippen LogP contribution in [0, 0.1) is 0 Å². The molecule has 6 nitrogen and oxygen atoms in total. The van der Waals surface area contributed by atoms with Crippen molar-refractivity contribution >= 4 is 46.2 Å². The van der Waals surface area contributed by atoms with E-state index in [9.17, 15) is 0 Å². The smallest absolute Gasteiger partial charge is 0.171 e. The molecule has 2 N–H and O–H groups in total. The predicted molar refractivity (Wildman–Crippen MR) is 109 cm³/mol. The first-order valence-electron chi connectivity index (χ1n) is 8.07. The molecule has 0 spiro atoms. The number of nitrogens with zero attached hydrogens (tertiary/aromatic N) is 4. The molecule has 0 atom stereocenters. The third kappa shape index (κ3) is 4.75. The number of benzene rings is 1. The van der Waals surface area contributed by atoms with Crippen molar-refractivity contribution in [3.63, 3.8) is 0 Å². The van der Waals surface area contributed by atoms with Crippen LogP contribution in [0.5, 0.6) is 0 Å². The number of aromatic nitrogens is 4. The van der Waals surface area contributed by atoms with Gasteiger partial charge in [0, 0.05) is 29.0 Å². The maximum absolute atomic E-state index is 6.21. The van der Waals surface area contributed by atoms with Crippen molar-refractivity contribution in [2.75, 3.05) is 5.32 Å². The van der Waals surface area contributed by atoms with Crippen LogP contribution >= 0.6 is 35.4 Å². The summed E-state index contributed by atoms with van der Waals surface area (Å²) >= 11 is 17.5. The Bertz CT molecular complexity index is 904. The first-order valence-corrected chi connectivity index (χ1v) is 9.23. The van der Waals surface area contributed by atoms with Crippen LogP contribution in [0.1, 0.15) is 18.2 Å². The number of hydrogen-bond acceptors (Lipinski definition) is 3. The third-order valence-corrected chi connectivity index (χ3v) is 4.61. The van der Waals surface area contributed by atoms with Crippen LogP contribution in [0.4, 0.5) is 5.69 Å². The van der Waals surface area contributed by atoms with Crippen molar-refractivity contribution in [2.24, 2.45) is 0 Å². The normalized spacial score (nSPS) is 10.7. The minimum atomic E-state index is 0.526. The summed E-state index contributed by atoms with van der Waals surface area (Å²) in [5.74, 6) is 0. The predicted octanol–water partition coefficient (Wildman–Crippen LogP) is 3.94.